The maximum absolute atomic E-state index is 5.78. The zero-order valence-corrected chi connectivity index (χ0v) is 9.90. The summed E-state index contributed by atoms with van der Waals surface area (Å²) in [6.45, 7) is 6.86. The first-order valence-electron chi connectivity index (χ1n) is 5.61. The van der Waals surface area contributed by atoms with Crippen LogP contribution in [0.2, 0.25) is 0 Å². The fraction of sp³-hybridized carbons (Fsp3) is 0.429. The van der Waals surface area contributed by atoms with E-state index in [-0.39, 0.29) is 6.10 Å². The van der Waals surface area contributed by atoms with Crippen molar-refractivity contribution >= 4 is 0 Å². The summed E-state index contributed by atoms with van der Waals surface area (Å²) in [6.07, 6.45) is 1.26. The Hall–Kier alpha value is -1.28. The van der Waals surface area contributed by atoms with Gasteiger partial charge in [-0.2, -0.15) is 0 Å². The van der Waals surface area contributed by atoms with E-state index in [1.54, 1.807) is 7.11 Å². The quantitative estimate of drug-likeness (QED) is 0.724. The minimum absolute atomic E-state index is 0.215. The molecule has 0 amide bonds. The molecule has 1 fully saturated rings. The van der Waals surface area contributed by atoms with E-state index in [1.807, 2.05) is 12.1 Å². The molecule has 16 heavy (non-hydrogen) atoms. The monoisotopic (exact) mass is 218 g/mol. The normalized spacial score (nSPS) is 24.4. The van der Waals surface area contributed by atoms with Gasteiger partial charge in [0.05, 0.1) is 19.8 Å². The second kappa shape index (κ2) is 4.71. The molecular weight excluding hydrogens is 200 g/mol. The number of hydrogen-bond acceptors (Lipinski definition) is 2. The van der Waals surface area contributed by atoms with Crippen molar-refractivity contribution in [3.8, 4) is 5.75 Å². The second-order valence-corrected chi connectivity index (χ2v) is 4.37. The molecule has 1 saturated heterocycles. The summed E-state index contributed by atoms with van der Waals surface area (Å²) in [7, 11) is 1.68. The van der Waals surface area contributed by atoms with Crippen molar-refractivity contribution in [1.29, 1.82) is 0 Å². The molecule has 0 aliphatic carbocycles. The number of methoxy groups -OCH3 is 1. The first-order chi connectivity index (χ1) is 7.70. The van der Waals surface area contributed by atoms with Crippen LogP contribution in [-0.2, 0) is 4.74 Å². The fourth-order valence-electron chi connectivity index (χ4n) is 2.02. The predicted octanol–water partition coefficient (Wildman–Crippen LogP) is 3.35. The molecule has 2 heteroatoms. The molecule has 0 radical (unpaired) electrons. The molecule has 1 aliphatic heterocycles. The molecule has 1 unspecified atom stereocenters. The third kappa shape index (κ3) is 2.27. The SMILES string of the molecule is C=C(C)C1CO[C@@H](c2ccc(OC)cc2)C1. The molecule has 86 valence electrons. The van der Waals surface area contributed by atoms with Gasteiger partial charge in [0.25, 0.3) is 0 Å². The van der Waals surface area contributed by atoms with E-state index in [2.05, 4.69) is 25.6 Å². The van der Waals surface area contributed by atoms with E-state index in [9.17, 15) is 0 Å². The van der Waals surface area contributed by atoms with Gasteiger partial charge in [0.2, 0.25) is 0 Å². The Kier molecular flexibility index (Phi) is 3.30. The molecule has 0 saturated carbocycles. The third-order valence-electron chi connectivity index (χ3n) is 3.18. The number of ether oxygens (including phenoxy) is 2. The van der Waals surface area contributed by atoms with Gasteiger partial charge in [0.1, 0.15) is 5.75 Å². The van der Waals surface area contributed by atoms with Crippen molar-refractivity contribution in [2.45, 2.75) is 19.4 Å². The molecule has 0 N–H and O–H groups in total. The Morgan fingerprint density at radius 2 is 2.06 bits per heavy atom. The first kappa shape index (κ1) is 11.2. The summed E-state index contributed by atoms with van der Waals surface area (Å²) in [5.41, 5.74) is 2.44. The van der Waals surface area contributed by atoms with Crippen LogP contribution in [0, 0.1) is 5.92 Å². The zero-order valence-electron chi connectivity index (χ0n) is 9.90. The summed E-state index contributed by atoms with van der Waals surface area (Å²) in [4.78, 5) is 0. The zero-order chi connectivity index (χ0) is 11.5. The van der Waals surface area contributed by atoms with Crippen LogP contribution in [0.3, 0.4) is 0 Å². The Morgan fingerprint density at radius 3 is 2.56 bits per heavy atom. The van der Waals surface area contributed by atoms with Gasteiger partial charge in [0.15, 0.2) is 0 Å². The Balaban J connectivity index is 2.05. The van der Waals surface area contributed by atoms with Crippen molar-refractivity contribution in [2.24, 2.45) is 5.92 Å². The molecule has 0 spiro atoms. The second-order valence-electron chi connectivity index (χ2n) is 4.37. The highest BCUT2D eigenvalue weighted by molar-refractivity contribution is 5.29. The fourth-order valence-corrected chi connectivity index (χ4v) is 2.02. The lowest BCUT2D eigenvalue weighted by Crippen LogP contribution is -1.98. The molecule has 1 aliphatic rings. The van der Waals surface area contributed by atoms with Gasteiger partial charge in [-0.1, -0.05) is 24.3 Å². The molecule has 2 atom stereocenters. The van der Waals surface area contributed by atoms with Gasteiger partial charge in [-0.15, -0.1) is 0 Å². The topological polar surface area (TPSA) is 18.5 Å². The molecule has 2 rings (SSSR count). The van der Waals surface area contributed by atoms with Crippen molar-refractivity contribution < 1.29 is 9.47 Å². The smallest absolute Gasteiger partial charge is 0.118 e. The van der Waals surface area contributed by atoms with Gasteiger partial charge in [-0.25, -0.2) is 0 Å². The van der Waals surface area contributed by atoms with E-state index in [0.717, 1.165) is 18.8 Å². The van der Waals surface area contributed by atoms with E-state index in [0.29, 0.717) is 5.92 Å². The van der Waals surface area contributed by atoms with Crippen LogP contribution in [0.4, 0.5) is 0 Å². The molecular formula is C14H18O2. The third-order valence-corrected chi connectivity index (χ3v) is 3.18. The Labute approximate surface area is 96.9 Å². The average Bonchev–Trinajstić information content (AvgIpc) is 2.78. The van der Waals surface area contributed by atoms with Crippen molar-refractivity contribution in [1.82, 2.24) is 0 Å². The molecule has 1 aromatic rings. The van der Waals surface area contributed by atoms with Crippen LogP contribution in [0.1, 0.15) is 25.0 Å². The van der Waals surface area contributed by atoms with Gasteiger partial charge in [-0.3, -0.25) is 0 Å². The van der Waals surface area contributed by atoms with Gasteiger partial charge in [-0.05, 0) is 31.0 Å². The lowest BCUT2D eigenvalue weighted by atomic mass is 9.96. The van der Waals surface area contributed by atoms with Crippen molar-refractivity contribution in [3.05, 3.63) is 42.0 Å². The number of rotatable bonds is 3. The molecule has 1 aromatic carbocycles. The maximum atomic E-state index is 5.78. The largest absolute Gasteiger partial charge is 0.497 e. The minimum atomic E-state index is 0.215. The van der Waals surface area contributed by atoms with E-state index < -0.39 is 0 Å². The summed E-state index contributed by atoms with van der Waals surface area (Å²) < 4.78 is 10.9. The van der Waals surface area contributed by atoms with E-state index >= 15 is 0 Å². The van der Waals surface area contributed by atoms with Crippen LogP contribution in [0.25, 0.3) is 0 Å². The highest BCUT2D eigenvalue weighted by atomic mass is 16.5. The highest BCUT2D eigenvalue weighted by Gasteiger charge is 2.26. The number of benzene rings is 1. The van der Waals surface area contributed by atoms with Crippen molar-refractivity contribution in [2.75, 3.05) is 13.7 Å². The van der Waals surface area contributed by atoms with Gasteiger partial charge in [0, 0.05) is 5.92 Å². The molecule has 0 bridgehead atoms. The maximum Gasteiger partial charge on any atom is 0.118 e. The Bertz CT molecular complexity index is 367. The lowest BCUT2D eigenvalue weighted by molar-refractivity contribution is 0.109. The van der Waals surface area contributed by atoms with Crippen LogP contribution < -0.4 is 4.74 Å². The van der Waals surface area contributed by atoms with Crippen molar-refractivity contribution in [3.63, 3.8) is 0 Å². The van der Waals surface area contributed by atoms with Crippen LogP contribution in [0.5, 0.6) is 5.75 Å². The van der Waals surface area contributed by atoms with Gasteiger partial charge >= 0.3 is 0 Å². The molecule has 0 aromatic heterocycles. The van der Waals surface area contributed by atoms with E-state index in [1.165, 1.54) is 11.1 Å². The standard InChI is InChI=1S/C14H18O2/c1-10(2)12-8-14(16-9-12)11-4-6-13(15-3)7-5-11/h4-7,12,14H,1,8-9H2,2-3H3/t12?,14-/m1/s1. The predicted molar refractivity (Wildman–Crippen MR) is 64.6 cm³/mol. The van der Waals surface area contributed by atoms with Crippen LogP contribution in [0.15, 0.2) is 36.4 Å². The first-order valence-corrected chi connectivity index (χ1v) is 5.61. The highest BCUT2D eigenvalue weighted by Crippen LogP contribution is 2.35. The Morgan fingerprint density at radius 1 is 1.38 bits per heavy atom. The average molecular weight is 218 g/mol. The summed E-state index contributed by atoms with van der Waals surface area (Å²) >= 11 is 0. The van der Waals surface area contributed by atoms with Gasteiger partial charge < -0.3 is 9.47 Å². The van der Waals surface area contributed by atoms with Crippen LogP contribution >= 0.6 is 0 Å². The lowest BCUT2D eigenvalue weighted by Gasteiger charge is -2.10. The molecule has 1 heterocycles. The summed E-state index contributed by atoms with van der Waals surface area (Å²) in [5, 5.41) is 0. The number of hydrogen-bond donors (Lipinski definition) is 0. The molecule has 2 nitrogen and oxygen atoms in total. The summed E-state index contributed by atoms with van der Waals surface area (Å²) in [5.74, 6) is 1.39. The van der Waals surface area contributed by atoms with E-state index in [4.69, 9.17) is 9.47 Å². The van der Waals surface area contributed by atoms with Crippen LogP contribution in [-0.4, -0.2) is 13.7 Å². The summed E-state index contributed by atoms with van der Waals surface area (Å²) in [6, 6.07) is 8.11. The minimum Gasteiger partial charge on any atom is -0.497 e.